The van der Waals surface area contributed by atoms with Crippen molar-refractivity contribution in [2.75, 3.05) is 0 Å². The van der Waals surface area contributed by atoms with Crippen LogP contribution in [0, 0.1) is 20.2 Å². The molecule has 1 aromatic heterocycles. The van der Waals surface area contributed by atoms with E-state index in [0.29, 0.717) is 6.54 Å². The molecule has 0 N–H and O–H groups in total. The van der Waals surface area contributed by atoms with Crippen LogP contribution in [0.3, 0.4) is 0 Å². The molecule has 0 unspecified atom stereocenters. The number of nitro groups is 2. The molecule has 1 rings (SSSR count). The summed E-state index contributed by atoms with van der Waals surface area (Å²) in [5, 5.41) is 21.2. The molecular weight excluding hydrogens is 226 g/mol. The van der Waals surface area contributed by atoms with E-state index < -0.39 is 9.85 Å². The van der Waals surface area contributed by atoms with E-state index in [1.807, 2.05) is 0 Å². The second-order valence-corrected chi connectivity index (χ2v) is 3.82. The predicted molar refractivity (Wildman–Crippen MR) is 61.9 cm³/mol. The minimum absolute atomic E-state index is 0.215. The molecule has 7 heteroatoms. The summed E-state index contributed by atoms with van der Waals surface area (Å²) in [7, 11) is 0. The van der Waals surface area contributed by atoms with Gasteiger partial charge in [0.25, 0.3) is 0 Å². The summed E-state index contributed by atoms with van der Waals surface area (Å²) < 4.78 is 1.34. The van der Waals surface area contributed by atoms with Gasteiger partial charge < -0.3 is 10.1 Å². The van der Waals surface area contributed by atoms with Crippen LogP contribution in [0.5, 0.6) is 0 Å². The van der Waals surface area contributed by atoms with Crippen LogP contribution in [0.25, 0.3) is 0 Å². The van der Waals surface area contributed by atoms with Crippen LogP contribution in [0.15, 0.2) is 12.3 Å². The molecule has 7 nitrogen and oxygen atoms in total. The van der Waals surface area contributed by atoms with E-state index in [2.05, 4.69) is 6.92 Å². The average Bonchev–Trinajstić information content (AvgIpc) is 2.68. The van der Waals surface area contributed by atoms with Crippen LogP contribution >= 0.6 is 0 Å². The summed E-state index contributed by atoms with van der Waals surface area (Å²) in [4.78, 5) is 20.0. The Bertz CT molecular complexity index is 414. The first kappa shape index (κ1) is 13.1. The quantitative estimate of drug-likeness (QED) is 0.417. The number of hydrogen-bond donors (Lipinski definition) is 0. The molecule has 0 aliphatic rings. The molecule has 0 bridgehead atoms. The lowest BCUT2D eigenvalue weighted by Crippen LogP contribution is -2.01. The Morgan fingerprint density at radius 1 is 1.18 bits per heavy atom. The Balaban J connectivity index is 2.74. The predicted octanol–water partition coefficient (Wildman–Crippen LogP) is 2.88. The van der Waals surface area contributed by atoms with Crippen molar-refractivity contribution >= 4 is 11.5 Å². The number of nitrogens with zero attached hydrogens (tertiary/aromatic N) is 3. The molecule has 17 heavy (non-hydrogen) atoms. The zero-order valence-corrected chi connectivity index (χ0v) is 9.66. The molecule has 0 spiro atoms. The Hall–Kier alpha value is -1.92. The lowest BCUT2D eigenvalue weighted by atomic mass is 10.2. The molecule has 0 saturated heterocycles. The lowest BCUT2D eigenvalue weighted by molar-refractivity contribution is -0.394. The van der Waals surface area contributed by atoms with E-state index in [9.17, 15) is 20.2 Å². The van der Waals surface area contributed by atoms with Crippen molar-refractivity contribution in [1.82, 2.24) is 4.57 Å². The Morgan fingerprint density at radius 2 is 1.88 bits per heavy atom. The maximum Gasteiger partial charge on any atom is 0.330 e. The van der Waals surface area contributed by atoms with Crippen LogP contribution < -0.4 is 0 Å². The normalized spacial score (nSPS) is 10.4. The third-order valence-electron chi connectivity index (χ3n) is 2.51. The third kappa shape index (κ3) is 3.54. The summed E-state index contributed by atoms with van der Waals surface area (Å²) in [6.07, 6.45) is 5.13. The fraction of sp³-hybridized carbons (Fsp3) is 0.600. The number of hydrogen-bond acceptors (Lipinski definition) is 4. The SMILES string of the molecule is CCCCCCn1cc([N+](=O)[O-])cc1[N+](=O)[O-]. The van der Waals surface area contributed by atoms with Crippen LogP contribution in [-0.2, 0) is 6.54 Å². The molecule has 94 valence electrons. The first-order chi connectivity index (χ1) is 8.06. The fourth-order valence-electron chi connectivity index (χ4n) is 1.62. The largest absolute Gasteiger partial charge is 0.358 e. The smallest absolute Gasteiger partial charge is 0.330 e. The van der Waals surface area contributed by atoms with E-state index in [1.165, 1.54) is 10.8 Å². The van der Waals surface area contributed by atoms with Crippen molar-refractivity contribution in [3.63, 3.8) is 0 Å². The van der Waals surface area contributed by atoms with Crippen LogP contribution in [-0.4, -0.2) is 14.4 Å². The third-order valence-corrected chi connectivity index (χ3v) is 2.51. The Labute approximate surface area is 98.3 Å². The van der Waals surface area contributed by atoms with E-state index in [4.69, 9.17) is 0 Å². The molecule has 0 saturated carbocycles. The van der Waals surface area contributed by atoms with Gasteiger partial charge in [-0.2, -0.15) is 0 Å². The van der Waals surface area contributed by atoms with Gasteiger partial charge in [-0.3, -0.25) is 10.1 Å². The summed E-state index contributed by atoms with van der Waals surface area (Å²) in [6, 6.07) is 1.000. The minimum atomic E-state index is -0.616. The van der Waals surface area contributed by atoms with Gasteiger partial charge in [0.15, 0.2) is 6.20 Å². The molecule has 0 atom stereocenters. The Morgan fingerprint density at radius 3 is 2.41 bits per heavy atom. The number of aryl methyl sites for hydroxylation is 1. The molecule has 1 heterocycles. The first-order valence-corrected chi connectivity index (χ1v) is 5.55. The highest BCUT2D eigenvalue weighted by molar-refractivity contribution is 5.39. The standard InChI is InChI=1S/C10H15N3O4/c1-2-3-4-5-6-11-8-9(12(14)15)7-10(11)13(16)17/h7-8H,2-6H2,1H3. The van der Waals surface area contributed by atoms with Crippen molar-refractivity contribution in [3.8, 4) is 0 Å². The summed E-state index contributed by atoms with van der Waals surface area (Å²) >= 11 is 0. The van der Waals surface area contributed by atoms with Crippen molar-refractivity contribution < 1.29 is 9.85 Å². The van der Waals surface area contributed by atoms with E-state index in [1.54, 1.807) is 0 Å². The maximum absolute atomic E-state index is 10.7. The second-order valence-electron chi connectivity index (χ2n) is 3.82. The number of unbranched alkanes of at least 4 members (excludes halogenated alkanes) is 3. The minimum Gasteiger partial charge on any atom is -0.358 e. The summed E-state index contributed by atoms with van der Waals surface area (Å²) in [6.45, 7) is 2.52. The monoisotopic (exact) mass is 241 g/mol. The molecule has 0 fully saturated rings. The van der Waals surface area contributed by atoms with Gasteiger partial charge in [0.05, 0.1) is 11.5 Å². The van der Waals surface area contributed by atoms with Gasteiger partial charge in [0, 0.05) is 0 Å². The highest BCUT2D eigenvalue weighted by Crippen LogP contribution is 2.23. The topological polar surface area (TPSA) is 91.2 Å². The highest BCUT2D eigenvalue weighted by Gasteiger charge is 2.22. The molecule has 0 aromatic carbocycles. The highest BCUT2D eigenvalue weighted by atomic mass is 16.6. The Kier molecular flexibility index (Phi) is 4.62. The second kappa shape index (κ2) is 5.97. The van der Waals surface area contributed by atoms with E-state index in [-0.39, 0.29) is 11.5 Å². The summed E-state index contributed by atoms with van der Waals surface area (Å²) in [5.74, 6) is -0.215. The zero-order chi connectivity index (χ0) is 12.8. The molecule has 0 aliphatic carbocycles. The van der Waals surface area contributed by atoms with Gasteiger partial charge >= 0.3 is 11.5 Å². The van der Waals surface area contributed by atoms with Crippen LogP contribution in [0.1, 0.15) is 32.6 Å². The van der Waals surface area contributed by atoms with Crippen molar-refractivity contribution in [1.29, 1.82) is 0 Å². The van der Waals surface area contributed by atoms with Gasteiger partial charge in [0.2, 0.25) is 0 Å². The van der Waals surface area contributed by atoms with Gasteiger partial charge in [-0.05, 0) is 17.8 Å². The molecule has 1 aromatic rings. The number of rotatable bonds is 7. The van der Waals surface area contributed by atoms with Gasteiger partial charge in [-0.1, -0.05) is 19.8 Å². The van der Waals surface area contributed by atoms with Gasteiger partial charge in [-0.25, -0.2) is 4.57 Å². The van der Waals surface area contributed by atoms with Gasteiger partial charge in [0.1, 0.15) is 6.07 Å². The molecule has 0 radical (unpaired) electrons. The molecular formula is C10H15N3O4. The first-order valence-electron chi connectivity index (χ1n) is 5.55. The number of aromatic nitrogens is 1. The van der Waals surface area contributed by atoms with Crippen molar-refractivity contribution in [2.24, 2.45) is 0 Å². The van der Waals surface area contributed by atoms with Crippen molar-refractivity contribution in [2.45, 2.75) is 39.2 Å². The lowest BCUT2D eigenvalue weighted by Gasteiger charge is -2.00. The fourth-order valence-corrected chi connectivity index (χ4v) is 1.62. The average molecular weight is 241 g/mol. The van der Waals surface area contributed by atoms with E-state index in [0.717, 1.165) is 31.7 Å². The maximum atomic E-state index is 10.7. The van der Waals surface area contributed by atoms with Gasteiger partial charge in [-0.15, -0.1) is 0 Å². The van der Waals surface area contributed by atoms with Crippen molar-refractivity contribution in [3.05, 3.63) is 32.5 Å². The van der Waals surface area contributed by atoms with Crippen LogP contribution in [0.4, 0.5) is 11.5 Å². The molecule has 0 amide bonds. The summed E-state index contributed by atoms with van der Waals surface area (Å²) in [5.41, 5.74) is -0.229. The zero-order valence-electron chi connectivity index (χ0n) is 9.66. The van der Waals surface area contributed by atoms with Crippen LogP contribution in [0.2, 0.25) is 0 Å². The molecule has 0 aliphatic heterocycles. The van der Waals surface area contributed by atoms with E-state index >= 15 is 0 Å².